The van der Waals surface area contributed by atoms with Gasteiger partial charge in [0, 0.05) is 6.04 Å². The largest absolute Gasteiger partial charge is 0.328 e. The molecular weight excluding hydrogens is 146 g/mol. The standard InChI is InChI=1S/C11H21N/c12-11-7-2-1-4-10(8-11)9-5-3-6-9/h9-11H,1-8,12H2/t10-,11?/m0/s1. The van der Waals surface area contributed by atoms with Gasteiger partial charge in [-0.1, -0.05) is 38.5 Å². The van der Waals surface area contributed by atoms with Gasteiger partial charge in [0.2, 0.25) is 0 Å². The van der Waals surface area contributed by atoms with Crippen molar-refractivity contribution >= 4 is 0 Å². The Labute approximate surface area is 75.7 Å². The van der Waals surface area contributed by atoms with Crippen molar-refractivity contribution in [1.29, 1.82) is 0 Å². The molecule has 0 aromatic heterocycles. The smallest absolute Gasteiger partial charge is 0.00415 e. The van der Waals surface area contributed by atoms with Gasteiger partial charge in [-0.05, 0) is 24.7 Å². The molecule has 0 amide bonds. The molecule has 1 heteroatoms. The van der Waals surface area contributed by atoms with Crippen LogP contribution in [-0.2, 0) is 0 Å². The minimum atomic E-state index is 0.526. The molecule has 2 N–H and O–H groups in total. The molecule has 2 atom stereocenters. The monoisotopic (exact) mass is 167 g/mol. The number of hydrogen-bond donors (Lipinski definition) is 1. The van der Waals surface area contributed by atoms with Gasteiger partial charge in [0.15, 0.2) is 0 Å². The SMILES string of the molecule is NC1CCCC[C@H](C2CCC2)C1. The molecular formula is C11H21N. The summed E-state index contributed by atoms with van der Waals surface area (Å²) in [6.45, 7) is 0. The summed E-state index contributed by atoms with van der Waals surface area (Å²) in [5.74, 6) is 2.06. The number of nitrogens with two attached hydrogens (primary N) is 1. The van der Waals surface area contributed by atoms with Gasteiger partial charge in [-0.15, -0.1) is 0 Å². The van der Waals surface area contributed by atoms with E-state index in [1.807, 2.05) is 0 Å². The lowest BCUT2D eigenvalue weighted by atomic mass is 9.72. The molecule has 0 aromatic carbocycles. The van der Waals surface area contributed by atoms with Gasteiger partial charge < -0.3 is 5.73 Å². The highest BCUT2D eigenvalue weighted by molar-refractivity contribution is 4.82. The number of rotatable bonds is 1. The van der Waals surface area contributed by atoms with Crippen LogP contribution in [-0.4, -0.2) is 6.04 Å². The molecule has 1 unspecified atom stereocenters. The van der Waals surface area contributed by atoms with Crippen molar-refractivity contribution in [3.05, 3.63) is 0 Å². The Morgan fingerprint density at radius 2 is 1.42 bits per heavy atom. The first-order valence-electron chi connectivity index (χ1n) is 5.62. The Hall–Kier alpha value is -0.0400. The van der Waals surface area contributed by atoms with Gasteiger partial charge in [-0.2, -0.15) is 0 Å². The van der Waals surface area contributed by atoms with Crippen LogP contribution in [0, 0.1) is 11.8 Å². The molecule has 1 nitrogen and oxygen atoms in total. The second-order valence-corrected chi connectivity index (χ2v) is 4.73. The topological polar surface area (TPSA) is 26.0 Å². The molecule has 0 aromatic rings. The first kappa shape index (κ1) is 8.55. The van der Waals surface area contributed by atoms with E-state index in [2.05, 4.69) is 0 Å². The normalized spacial score (nSPS) is 38.8. The second kappa shape index (κ2) is 3.78. The maximum Gasteiger partial charge on any atom is 0.00415 e. The minimum absolute atomic E-state index is 0.526. The summed E-state index contributed by atoms with van der Waals surface area (Å²) < 4.78 is 0. The second-order valence-electron chi connectivity index (χ2n) is 4.73. The molecule has 0 radical (unpaired) electrons. The van der Waals surface area contributed by atoms with E-state index in [9.17, 15) is 0 Å². The highest BCUT2D eigenvalue weighted by atomic mass is 14.6. The quantitative estimate of drug-likeness (QED) is 0.597. The average Bonchev–Trinajstić information content (AvgIpc) is 2.10. The Balaban J connectivity index is 1.85. The molecule has 2 aliphatic rings. The van der Waals surface area contributed by atoms with Crippen molar-refractivity contribution in [3.8, 4) is 0 Å². The van der Waals surface area contributed by atoms with Crippen LogP contribution in [0.4, 0.5) is 0 Å². The third-order valence-corrected chi connectivity index (χ3v) is 3.82. The van der Waals surface area contributed by atoms with Crippen LogP contribution in [0.3, 0.4) is 0 Å². The molecule has 2 fully saturated rings. The molecule has 0 spiro atoms. The zero-order chi connectivity index (χ0) is 8.39. The van der Waals surface area contributed by atoms with Crippen molar-refractivity contribution in [1.82, 2.24) is 0 Å². The lowest BCUT2D eigenvalue weighted by Gasteiger charge is -2.34. The van der Waals surface area contributed by atoms with Crippen molar-refractivity contribution in [2.75, 3.05) is 0 Å². The zero-order valence-corrected chi connectivity index (χ0v) is 7.97. The summed E-state index contributed by atoms with van der Waals surface area (Å²) in [6.07, 6.45) is 11.4. The first-order valence-corrected chi connectivity index (χ1v) is 5.62. The maximum atomic E-state index is 6.04. The van der Waals surface area contributed by atoms with Gasteiger partial charge >= 0.3 is 0 Å². The fraction of sp³-hybridized carbons (Fsp3) is 1.00. The van der Waals surface area contributed by atoms with Gasteiger partial charge in [0.1, 0.15) is 0 Å². The third-order valence-electron chi connectivity index (χ3n) is 3.82. The van der Waals surface area contributed by atoms with Crippen molar-refractivity contribution in [2.24, 2.45) is 17.6 Å². The summed E-state index contributed by atoms with van der Waals surface area (Å²) in [7, 11) is 0. The van der Waals surface area contributed by atoms with Crippen molar-refractivity contribution < 1.29 is 0 Å². The average molecular weight is 167 g/mol. The summed E-state index contributed by atoms with van der Waals surface area (Å²) in [6, 6.07) is 0.526. The van der Waals surface area contributed by atoms with E-state index < -0.39 is 0 Å². The first-order chi connectivity index (χ1) is 5.86. The molecule has 70 valence electrons. The van der Waals surface area contributed by atoms with Gasteiger partial charge in [0.25, 0.3) is 0 Å². The minimum Gasteiger partial charge on any atom is -0.328 e. The van der Waals surface area contributed by atoms with Crippen LogP contribution in [0.2, 0.25) is 0 Å². The van der Waals surface area contributed by atoms with E-state index in [-0.39, 0.29) is 0 Å². The fourth-order valence-electron chi connectivity index (χ4n) is 2.78. The van der Waals surface area contributed by atoms with Gasteiger partial charge in [-0.3, -0.25) is 0 Å². The predicted octanol–water partition coefficient (Wildman–Crippen LogP) is 2.69. The van der Waals surface area contributed by atoms with Gasteiger partial charge in [0.05, 0.1) is 0 Å². The van der Waals surface area contributed by atoms with Crippen LogP contribution >= 0.6 is 0 Å². The molecule has 0 saturated heterocycles. The van der Waals surface area contributed by atoms with E-state index in [1.54, 1.807) is 0 Å². The zero-order valence-electron chi connectivity index (χ0n) is 7.97. The van der Waals surface area contributed by atoms with Crippen molar-refractivity contribution in [2.45, 2.75) is 57.4 Å². The Morgan fingerprint density at radius 3 is 2.08 bits per heavy atom. The molecule has 2 rings (SSSR count). The lowest BCUT2D eigenvalue weighted by Crippen LogP contribution is -2.28. The highest BCUT2D eigenvalue weighted by Crippen LogP contribution is 2.39. The lowest BCUT2D eigenvalue weighted by molar-refractivity contribution is 0.183. The molecule has 0 bridgehead atoms. The van der Waals surface area contributed by atoms with E-state index in [0.29, 0.717) is 6.04 Å². The van der Waals surface area contributed by atoms with Crippen LogP contribution < -0.4 is 5.73 Å². The van der Waals surface area contributed by atoms with Crippen molar-refractivity contribution in [3.63, 3.8) is 0 Å². The van der Waals surface area contributed by atoms with Crippen LogP contribution in [0.1, 0.15) is 51.4 Å². The van der Waals surface area contributed by atoms with Crippen LogP contribution in [0.25, 0.3) is 0 Å². The molecule has 0 heterocycles. The van der Waals surface area contributed by atoms with E-state index in [0.717, 1.165) is 11.8 Å². The molecule has 12 heavy (non-hydrogen) atoms. The molecule has 2 saturated carbocycles. The predicted molar refractivity (Wildman–Crippen MR) is 51.9 cm³/mol. The van der Waals surface area contributed by atoms with Crippen LogP contribution in [0.5, 0.6) is 0 Å². The summed E-state index contributed by atoms with van der Waals surface area (Å²) in [5.41, 5.74) is 6.04. The van der Waals surface area contributed by atoms with E-state index in [1.165, 1.54) is 51.4 Å². The molecule has 0 aliphatic heterocycles. The number of hydrogen-bond acceptors (Lipinski definition) is 1. The Bertz CT molecular complexity index is 140. The van der Waals surface area contributed by atoms with Gasteiger partial charge in [-0.25, -0.2) is 0 Å². The highest BCUT2D eigenvalue weighted by Gasteiger charge is 2.29. The van der Waals surface area contributed by atoms with E-state index >= 15 is 0 Å². The third kappa shape index (κ3) is 1.82. The maximum absolute atomic E-state index is 6.04. The molecule has 2 aliphatic carbocycles. The fourth-order valence-corrected chi connectivity index (χ4v) is 2.78. The summed E-state index contributed by atoms with van der Waals surface area (Å²) in [4.78, 5) is 0. The van der Waals surface area contributed by atoms with Crippen LogP contribution in [0.15, 0.2) is 0 Å². The van der Waals surface area contributed by atoms with E-state index in [4.69, 9.17) is 5.73 Å². The summed E-state index contributed by atoms with van der Waals surface area (Å²) >= 11 is 0. The Morgan fingerprint density at radius 1 is 0.750 bits per heavy atom. The Kier molecular flexibility index (Phi) is 2.69. The summed E-state index contributed by atoms with van der Waals surface area (Å²) in [5, 5.41) is 0.